The SMILES string of the molecule is CCNC(C#N)CSc1nc(CC)ns1. The van der Waals surface area contributed by atoms with Crippen molar-refractivity contribution < 1.29 is 0 Å². The molecular weight excluding hydrogens is 228 g/mol. The van der Waals surface area contributed by atoms with Crippen molar-refractivity contribution in [3.05, 3.63) is 5.82 Å². The number of nitriles is 1. The summed E-state index contributed by atoms with van der Waals surface area (Å²) >= 11 is 3.00. The van der Waals surface area contributed by atoms with E-state index in [1.807, 2.05) is 13.8 Å². The average Bonchev–Trinajstić information content (AvgIpc) is 2.72. The smallest absolute Gasteiger partial charge is 0.170 e. The Kier molecular flexibility index (Phi) is 5.61. The Balaban J connectivity index is 2.39. The summed E-state index contributed by atoms with van der Waals surface area (Å²) in [4.78, 5) is 4.33. The molecule has 1 atom stereocenters. The lowest BCUT2D eigenvalue weighted by Crippen LogP contribution is -2.29. The second-order valence-electron chi connectivity index (χ2n) is 2.88. The van der Waals surface area contributed by atoms with Crippen LogP contribution in [0.2, 0.25) is 0 Å². The van der Waals surface area contributed by atoms with Gasteiger partial charge >= 0.3 is 0 Å². The third-order valence-electron chi connectivity index (χ3n) is 1.75. The molecule has 0 aliphatic rings. The molecule has 1 N–H and O–H groups in total. The molecule has 1 unspecified atom stereocenters. The zero-order chi connectivity index (χ0) is 11.1. The number of thioether (sulfide) groups is 1. The van der Waals surface area contributed by atoms with Gasteiger partial charge in [0, 0.05) is 12.2 Å². The zero-order valence-electron chi connectivity index (χ0n) is 8.86. The van der Waals surface area contributed by atoms with Gasteiger partial charge in [0.05, 0.1) is 6.07 Å². The lowest BCUT2D eigenvalue weighted by molar-refractivity contribution is 0.677. The first kappa shape index (κ1) is 12.4. The van der Waals surface area contributed by atoms with Crippen LogP contribution in [-0.4, -0.2) is 27.7 Å². The van der Waals surface area contributed by atoms with Crippen LogP contribution in [0.5, 0.6) is 0 Å². The van der Waals surface area contributed by atoms with Gasteiger partial charge in [-0.2, -0.15) is 9.64 Å². The number of aromatic nitrogens is 2. The number of nitrogens with zero attached hydrogens (tertiary/aromatic N) is 3. The minimum Gasteiger partial charge on any atom is -0.302 e. The van der Waals surface area contributed by atoms with E-state index in [0.717, 1.165) is 28.9 Å². The summed E-state index contributed by atoms with van der Waals surface area (Å²) in [7, 11) is 0. The Morgan fingerprint density at radius 2 is 2.40 bits per heavy atom. The van der Waals surface area contributed by atoms with E-state index in [0.29, 0.717) is 0 Å². The van der Waals surface area contributed by atoms with Crippen molar-refractivity contribution in [1.29, 1.82) is 5.26 Å². The van der Waals surface area contributed by atoms with Gasteiger partial charge in [0.2, 0.25) is 0 Å². The normalized spacial score (nSPS) is 12.3. The maximum Gasteiger partial charge on any atom is 0.170 e. The Labute approximate surface area is 98.3 Å². The highest BCUT2D eigenvalue weighted by molar-refractivity contribution is 8.00. The summed E-state index contributed by atoms with van der Waals surface area (Å²) in [5.41, 5.74) is 0. The average molecular weight is 242 g/mol. The van der Waals surface area contributed by atoms with E-state index in [2.05, 4.69) is 20.7 Å². The molecule has 0 amide bonds. The Bertz CT molecular complexity index is 331. The molecule has 0 spiro atoms. The topological polar surface area (TPSA) is 61.6 Å². The predicted octanol–water partition coefficient (Wildman–Crippen LogP) is 1.69. The Morgan fingerprint density at radius 1 is 1.60 bits per heavy atom. The van der Waals surface area contributed by atoms with Gasteiger partial charge in [0.1, 0.15) is 11.9 Å². The van der Waals surface area contributed by atoms with Gasteiger partial charge in [-0.05, 0) is 18.1 Å². The van der Waals surface area contributed by atoms with Crippen molar-refractivity contribution in [1.82, 2.24) is 14.7 Å². The minimum absolute atomic E-state index is 0.103. The molecule has 1 rings (SSSR count). The van der Waals surface area contributed by atoms with Crippen molar-refractivity contribution >= 4 is 23.3 Å². The summed E-state index contributed by atoms with van der Waals surface area (Å²) in [5.74, 6) is 1.61. The highest BCUT2D eigenvalue weighted by Crippen LogP contribution is 2.20. The summed E-state index contributed by atoms with van der Waals surface area (Å²) in [6.07, 6.45) is 0.867. The molecule has 1 aromatic rings. The van der Waals surface area contributed by atoms with E-state index in [4.69, 9.17) is 5.26 Å². The van der Waals surface area contributed by atoms with Crippen LogP contribution in [0.3, 0.4) is 0 Å². The molecule has 1 heterocycles. The molecule has 0 saturated carbocycles. The molecule has 1 aromatic heterocycles. The van der Waals surface area contributed by atoms with Gasteiger partial charge in [-0.25, -0.2) is 4.98 Å². The van der Waals surface area contributed by atoms with Crippen molar-refractivity contribution in [2.24, 2.45) is 0 Å². The van der Waals surface area contributed by atoms with Crippen molar-refractivity contribution in [3.63, 3.8) is 0 Å². The van der Waals surface area contributed by atoms with Gasteiger partial charge in [0.15, 0.2) is 4.34 Å². The van der Waals surface area contributed by atoms with Crippen LogP contribution in [0.1, 0.15) is 19.7 Å². The van der Waals surface area contributed by atoms with Crippen LogP contribution in [0, 0.1) is 11.3 Å². The second-order valence-corrected chi connectivity index (χ2v) is 4.90. The van der Waals surface area contributed by atoms with E-state index >= 15 is 0 Å². The maximum atomic E-state index is 8.83. The highest BCUT2D eigenvalue weighted by atomic mass is 32.2. The molecule has 6 heteroatoms. The molecule has 0 radical (unpaired) electrons. The number of hydrogen-bond donors (Lipinski definition) is 1. The summed E-state index contributed by atoms with van der Waals surface area (Å²) < 4.78 is 5.14. The van der Waals surface area contributed by atoms with Gasteiger partial charge < -0.3 is 5.32 Å². The molecule has 0 fully saturated rings. The molecular formula is C9H14N4S2. The largest absolute Gasteiger partial charge is 0.302 e. The van der Waals surface area contributed by atoms with Crippen LogP contribution < -0.4 is 5.32 Å². The summed E-state index contributed by atoms with van der Waals surface area (Å²) in [6.45, 7) is 4.84. The fraction of sp³-hybridized carbons (Fsp3) is 0.667. The molecule has 0 aromatic carbocycles. The zero-order valence-corrected chi connectivity index (χ0v) is 10.5. The third-order valence-corrected chi connectivity index (χ3v) is 3.71. The quantitative estimate of drug-likeness (QED) is 0.769. The first-order chi connectivity index (χ1) is 7.30. The maximum absolute atomic E-state index is 8.83. The molecule has 0 aliphatic carbocycles. The Hall–Kier alpha value is -0.640. The van der Waals surface area contributed by atoms with Crippen LogP contribution in [0.15, 0.2) is 4.34 Å². The lowest BCUT2D eigenvalue weighted by Gasteiger charge is -2.06. The van der Waals surface area contributed by atoms with Crippen molar-refractivity contribution in [2.75, 3.05) is 12.3 Å². The molecule has 82 valence electrons. The third kappa shape index (κ3) is 4.16. The van der Waals surface area contributed by atoms with Crippen LogP contribution in [0.4, 0.5) is 0 Å². The highest BCUT2D eigenvalue weighted by Gasteiger charge is 2.08. The minimum atomic E-state index is -0.103. The van der Waals surface area contributed by atoms with E-state index in [9.17, 15) is 0 Å². The Morgan fingerprint density at radius 3 is 2.93 bits per heavy atom. The first-order valence-corrected chi connectivity index (χ1v) is 6.64. The van der Waals surface area contributed by atoms with Crippen molar-refractivity contribution in [3.8, 4) is 6.07 Å². The second kappa shape index (κ2) is 6.77. The summed E-state index contributed by atoms with van der Waals surface area (Å²) in [5, 5.41) is 11.9. The van der Waals surface area contributed by atoms with E-state index < -0.39 is 0 Å². The molecule has 4 nitrogen and oxygen atoms in total. The van der Waals surface area contributed by atoms with E-state index in [1.165, 1.54) is 11.5 Å². The van der Waals surface area contributed by atoms with Crippen LogP contribution >= 0.6 is 23.3 Å². The van der Waals surface area contributed by atoms with Gasteiger partial charge in [0.25, 0.3) is 0 Å². The summed E-state index contributed by atoms with van der Waals surface area (Å²) in [6, 6.07) is 2.12. The standard InChI is InChI=1S/C9H14N4S2/c1-3-8-12-9(15-13-8)14-6-7(5-10)11-4-2/h7,11H,3-4,6H2,1-2H3. The van der Waals surface area contributed by atoms with Gasteiger partial charge in [-0.15, -0.1) is 0 Å². The number of nitrogens with one attached hydrogen (secondary N) is 1. The predicted molar refractivity (Wildman–Crippen MR) is 63.1 cm³/mol. The lowest BCUT2D eigenvalue weighted by atomic mass is 10.4. The van der Waals surface area contributed by atoms with Crippen molar-refractivity contribution in [2.45, 2.75) is 30.6 Å². The fourth-order valence-corrected chi connectivity index (χ4v) is 2.68. The monoisotopic (exact) mass is 242 g/mol. The molecule has 0 saturated heterocycles. The number of hydrogen-bond acceptors (Lipinski definition) is 6. The van der Waals surface area contributed by atoms with Gasteiger partial charge in [-0.1, -0.05) is 25.6 Å². The first-order valence-electron chi connectivity index (χ1n) is 4.88. The fourth-order valence-electron chi connectivity index (χ4n) is 0.983. The van der Waals surface area contributed by atoms with Crippen LogP contribution in [0.25, 0.3) is 0 Å². The number of rotatable bonds is 6. The molecule has 0 aliphatic heterocycles. The molecule has 0 bridgehead atoms. The van der Waals surface area contributed by atoms with Gasteiger partial charge in [-0.3, -0.25) is 0 Å². The van der Waals surface area contributed by atoms with E-state index in [-0.39, 0.29) is 6.04 Å². The van der Waals surface area contributed by atoms with E-state index in [1.54, 1.807) is 11.8 Å². The molecule has 15 heavy (non-hydrogen) atoms. The van der Waals surface area contributed by atoms with Crippen LogP contribution in [-0.2, 0) is 6.42 Å². The number of aryl methyl sites for hydroxylation is 1.